The molecule has 0 radical (unpaired) electrons. The molecule has 1 fully saturated rings. The van der Waals surface area contributed by atoms with Crippen molar-refractivity contribution in [2.24, 2.45) is 0 Å². The highest BCUT2D eigenvalue weighted by atomic mass is 16.5. The molecule has 26 heavy (non-hydrogen) atoms. The highest BCUT2D eigenvalue weighted by Gasteiger charge is 2.41. The van der Waals surface area contributed by atoms with Crippen LogP contribution < -0.4 is 15.5 Å². The van der Waals surface area contributed by atoms with Crippen molar-refractivity contribution in [1.82, 2.24) is 25.7 Å². The number of amides is 2. The molecule has 0 aliphatic carbocycles. The van der Waals surface area contributed by atoms with Crippen LogP contribution >= 0.6 is 0 Å². The second kappa shape index (κ2) is 7.24. The van der Waals surface area contributed by atoms with Crippen LogP contribution in [0.5, 0.6) is 0 Å². The van der Waals surface area contributed by atoms with E-state index in [1.165, 1.54) is 0 Å². The number of ether oxygens (including phenoxy) is 1. The minimum atomic E-state index is -0.753. The van der Waals surface area contributed by atoms with Crippen LogP contribution in [0.25, 0.3) is 0 Å². The lowest BCUT2D eigenvalue weighted by atomic mass is 9.90. The van der Waals surface area contributed by atoms with Gasteiger partial charge >= 0.3 is 6.03 Å². The molecule has 1 aliphatic rings. The van der Waals surface area contributed by atoms with Gasteiger partial charge in [0.05, 0.1) is 11.4 Å². The first-order valence-electron chi connectivity index (χ1n) is 8.39. The fraction of sp³-hybridized carbons (Fsp3) is 0.562. The van der Waals surface area contributed by atoms with E-state index in [1.54, 1.807) is 17.9 Å². The Labute approximate surface area is 151 Å². The highest BCUT2D eigenvalue weighted by molar-refractivity contribution is 5.92. The van der Waals surface area contributed by atoms with E-state index < -0.39 is 5.54 Å². The highest BCUT2D eigenvalue weighted by Crippen LogP contribution is 2.31. The SMILES string of the molecule is Cc1cc(NC(=O)NC2(c3nc(C)no3)CCOCC2)c(N(C)C)nn1. The first-order valence-corrected chi connectivity index (χ1v) is 8.39. The van der Waals surface area contributed by atoms with Gasteiger partial charge in [0.25, 0.3) is 5.89 Å². The van der Waals surface area contributed by atoms with Gasteiger partial charge in [-0.1, -0.05) is 5.16 Å². The minimum absolute atomic E-state index is 0.377. The van der Waals surface area contributed by atoms with Crippen LogP contribution in [0.1, 0.15) is 30.3 Å². The minimum Gasteiger partial charge on any atom is -0.381 e. The molecule has 10 nitrogen and oxygen atoms in total. The van der Waals surface area contributed by atoms with E-state index in [4.69, 9.17) is 9.26 Å². The summed E-state index contributed by atoms with van der Waals surface area (Å²) in [5, 5.41) is 17.9. The summed E-state index contributed by atoms with van der Waals surface area (Å²) < 4.78 is 10.8. The maximum absolute atomic E-state index is 12.7. The molecule has 0 unspecified atom stereocenters. The zero-order valence-electron chi connectivity index (χ0n) is 15.4. The lowest BCUT2D eigenvalue weighted by Gasteiger charge is -2.34. The third-order valence-corrected chi connectivity index (χ3v) is 4.20. The topological polar surface area (TPSA) is 118 Å². The van der Waals surface area contributed by atoms with E-state index in [1.807, 2.05) is 21.0 Å². The first-order chi connectivity index (χ1) is 12.4. The summed E-state index contributed by atoms with van der Waals surface area (Å²) in [5.74, 6) is 1.49. The fourth-order valence-corrected chi connectivity index (χ4v) is 2.88. The van der Waals surface area contributed by atoms with Gasteiger partial charge in [0.2, 0.25) is 0 Å². The molecule has 2 aromatic rings. The van der Waals surface area contributed by atoms with Gasteiger partial charge in [-0.15, -0.1) is 5.10 Å². The van der Waals surface area contributed by atoms with Crippen LogP contribution in [0, 0.1) is 13.8 Å². The summed E-state index contributed by atoms with van der Waals surface area (Å²) in [7, 11) is 3.67. The third kappa shape index (κ3) is 3.74. The number of carbonyl (C=O) groups excluding carboxylic acids is 1. The number of hydrogen-bond donors (Lipinski definition) is 2. The predicted octanol–water partition coefficient (Wildman–Crippen LogP) is 1.37. The van der Waals surface area contributed by atoms with Crippen LogP contribution in [0.4, 0.5) is 16.3 Å². The zero-order chi connectivity index (χ0) is 18.7. The smallest absolute Gasteiger partial charge is 0.320 e. The Morgan fingerprint density at radius 1 is 1.23 bits per heavy atom. The van der Waals surface area contributed by atoms with E-state index in [-0.39, 0.29) is 6.03 Å². The number of rotatable bonds is 4. The average molecular weight is 361 g/mol. The Bertz CT molecular complexity index is 784. The molecule has 2 amide bonds. The van der Waals surface area contributed by atoms with Crippen LogP contribution in [0.3, 0.4) is 0 Å². The summed E-state index contributed by atoms with van der Waals surface area (Å²) >= 11 is 0. The van der Waals surface area contributed by atoms with E-state index in [0.717, 1.165) is 0 Å². The molecular weight excluding hydrogens is 338 g/mol. The Morgan fingerprint density at radius 3 is 2.58 bits per heavy atom. The molecule has 1 saturated heterocycles. The maximum atomic E-state index is 12.7. The molecule has 3 rings (SSSR count). The average Bonchev–Trinajstić information content (AvgIpc) is 3.02. The van der Waals surface area contributed by atoms with Gasteiger partial charge in [0.1, 0.15) is 5.54 Å². The van der Waals surface area contributed by atoms with Crippen molar-refractivity contribution in [2.75, 3.05) is 37.5 Å². The van der Waals surface area contributed by atoms with E-state index in [2.05, 4.69) is 31.0 Å². The molecule has 2 N–H and O–H groups in total. The molecule has 0 aromatic carbocycles. The summed E-state index contributed by atoms with van der Waals surface area (Å²) in [6.45, 7) is 4.56. The van der Waals surface area contributed by atoms with Gasteiger partial charge in [0.15, 0.2) is 11.6 Å². The number of aryl methyl sites for hydroxylation is 2. The molecule has 2 aromatic heterocycles. The summed E-state index contributed by atoms with van der Waals surface area (Å²) in [5.41, 5.74) is 0.528. The van der Waals surface area contributed by atoms with Crippen molar-refractivity contribution >= 4 is 17.5 Å². The second-order valence-corrected chi connectivity index (χ2v) is 6.54. The predicted molar refractivity (Wildman–Crippen MR) is 94.0 cm³/mol. The molecule has 0 atom stereocenters. The number of aromatic nitrogens is 4. The monoisotopic (exact) mass is 361 g/mol. The molecule has 3 heterocycles. The molecule has 0 bridgehead atoms. The van der Waals surface area contributed by atoms with Gasteiger partial charge in [-0.3, -0.25) is 0 Å². The number of nitrogens with zero attached hydrogens (tertiary/aromatic N) is 5. The van der Waals surface area contributed by atoms with Gasteiger partial charge in [-0.2, -0.15) is 10.1 Å². The van der Waals surface area contributed by atoms with Crippen LogP contribution in [-0.4, -0.2) is 53.7 Å². The van der Waals surface area contributed by atoms with Crippen molar-refractivity contribution in [3.8, 4) is 0 Å². The molecule has 0 spiro atoms. The zero-order valence-corrected chi connectivity index (χ0v) is 15.4. The number of urea groups is 1. The largest absolute Gasteiger partial charge is 0.381 e. The Morgan fingerprint density at radius 2 is 1.96 bits per heavy atom. The maximum Gasteiger partial charge on any atom is 0.320 e. The van der Waals surface area contributed by atoms with Gasteiger partial charge in [-0.05, 0) is 19.9 Å². The van der Waals surface area contributed by atoms with Gasteiger partial charge in [0, 0.05) is 40.2 Å². The summed E-state index contributed by atoms with van der Waals surface area (Å²) in [6.07, 6.45) is 1.10. The number of nitrogens with one attached hydrogen (secondary N) is 2. The quantitative estimate of drug-likeness (QED) is 0.838. The lowest BCUT2D eigenvalue weighted by molar-refractivity contribution is 0.0285. The molecule has 140 valence electrons. The Kier molecular flexibility index (Phi) is 5.03. The normalized spacial score (nSPS) is 16.2. The van der Waals surface area contributed by atoms with Crippen molar-refractivity contribution in [2.45, 2.75) is 32.2 Å². The van der Waals surface area contributed by atoms with Gasteiger partial charge in [-0.25, -0.2) is 4.79 Å². The Balaban J connectivity index is 1.82. The van der Waals surface area contributed by atoms with E-state index in [0.29, 0.717) is 55.0 Å². The Hall–Kier alpha value is -2.75. The second-order valence-electron chi connectivity index (χ2n) is 6.54. The summed E-state index contributed by atoms with van der Waals surface area (Å²) in [4.78, 5) is 18.8. The number of anilines is 2. The van der Waals surface area contributed by atoms with Crippen molar-refractivity contribution in [3.05, 3.63) is 23.5 Å². The summed E-state index contributed by atoms with van der Waals surface area (Å²) in [6, 6.07) is 1.40. The third-order valence-electron chi connectivity index (χ3n) is 4.20. The van der Waals surface area contributed by atoms with Crippen LogP contribution in [-0.2, 0) is 10.3 Å². The molecule has 10 heteroatoms. The number of hydrogen-bond acceptors (Lipinski definition) is 8. The van der Waals surface area contributed by atoms with Crippen molar-refractivity contribution in [3.63, 3.8) is 0 Å². The van der Waals surface area contributed by atoms with Crippen LogP contribution in [0.15, 0.2) is 10.6 Å². The number of carbonyl (C=O) groups is 1. The lowest BCUT2D eigenvalue weighted by Crippen LogP contribution is -2.51. The van der Waals surface area contributed by atoms with Crippen molar-refractivity contribution < 1.29 is 14.1 Å². The van der Waals surface area contributed by atoms with Gasteiger partial charge < -0.3 is 24.8 Å². The van der Waals surface area contributed by atoms with E-state index in [9.17, 15) is 4.79 Å². The molecule has 1 aliphatic heterocycles. The fourth-order valence-electron chi connectivity index (χ4n) is 2.88. The van der Waals surface area contributed by atoms with Crippen molar-refractivity contribution in [1.29, 1.82) is 0 Å². The standard InChI is InChI=1S/C16H23N7O3/c1-10-9-12(13(21-20-10)23(3)4)18-15(24)19-16(5-7-25-8-6-16)14-17-11(2)22-26-14/h9H,5-8H2,1-4H3,(H2,18,19,20,24). The van der Waals surface area contributed by atoms with Crippen LogP contribution in [0.2, 0.25) is 0 Å². The molecular formula is C16H23N7O3. The van der Waals surface area contributed by atoms with E-state index >= 15 is 0 Å². The first kappa shape index (κ1) is 18.1. The molecule has 0 saturated carbocycles.